The molecule has 0 bridgehead atoms. The van der Waals surface area contributed by atoms with E-state index in [1.807, 2.05) is 24.3 Å². The van der Waals surface area contributed by atoms with E-state index in [1.54, 1.807) is 20.8 Å². The largest absolute Gasteiger partial charge is 0.493 e. The van der Waals surface area contributed by atoms with Crippen LogP contribution < -0.4 is 14.8 Å². The Morgan fingerprint density at radius 3 is 2.48 bits per heavy atom. The third kappa shape index (κ3) is 5.54. The number of nitrogens with one attached hydrogen (secondary N) is 1. The fraction of sp³-hybridized carbons (Fsp3) is 0.375. The summed E-state index contributed by atoms with van der Waals surface area (Å²) in [5.74, 6) is -0.336. The Kier molecular flexibility index (Phi) is 7.42. The molecule has 1 amide bonds. The fourth-order valence-electron chi connectivity index (χ4n) is 2.95. The monoisotopic (exact) mass is 452 g/mol. The van der Waals surface area contributed by atoms with Crippen LogP contribution in [0.25, 0.3) is 11.5 Å². The topological polar surface area (TPSA) is 116 Å². The van der Waals surface area contributed by atoms with Crippen molar-refractivity contribution in [2.45, 2.75) is 46.6 Å². The quantitative estimate of drug-likeness (QED) is 0.502. The lowest BCUT2D eigenvalue weighted by Crippen LogP contribution is -2.29. The Morgan fingerprint density at radius 1 is 1.06 bits per heavy atom. The van der Waals surface area contributed by atoms with E-state index >= 15 is 0 Å². The highest BCUT2D eigenvalue weighted by atomic mass is 16.6. The van der Waals surface area contributed by atoms with Gasteiger partial charge in [-0.3, -0.25) is 9.59 Å². The zero-order valence-electron chi connectivity index (χ0n) is 19.6. The first-order chi connectivity index (χ1) is 15.7. The number of rotatable bonds is 8. The standard InChI is InChI=1S/C24H28N4O5/c1-13(2)16-8-7-9-17(12-16)23-28-27-22(33-23)15(5)26-21(29)19-20(32-24(30)14(3)4)18(31-6)10-11-25-19/h7-15H,1-6H3,(H,26,29)/t15-/m0/s1. The summed E-state index contributed by atoms with van der Waals surface area (Å²) < 4.78 is 16.4. The number of carbonyl (C=O) groups is 2. The van der Waals surface area contributed by atoms with E-state index in [1.165, 1.54) is 19.4 Å². The summed E-state index contributed by atoms with van der Waals surface area (Å²) in [4.78, 5) is 29.2. The molecular formula is C24H28N4O5. The number of methoxy groups -OCH3 is 1. The first-order valence-electron chi connectivity index (χ1n) is 10.7. The van der Waals surface area contributed by atoms with Crippen LogP contribution in [0.2, 0.25) is 0 Å². The molecule has 9 heteroatoms. The van der Waals surface area contributed by atoms with Crippen molar-refractivity contribution >= 4 is 11.9 Å². The second kappa shape index (κ2) is 10.2. The molecule has 2 aromatic heterocycles. The van der Waals surface area contributed by atoms with Gasteiger partial charge < -0.3 is 19.2 Å². The third-order valence-electron chi connectivity index (χ3n) is 4.94. The molecule has 174 valence electrons. The predicted molar refractivity (Wildman–Crippen MR) is 121 cm³/mol. The van der Waals surface area contributed by atoms with E-state index < -0.39 is 23.8 Å². The van der Waals surface area contributed by atoms with Gasteiger partial charge in [-0.2, -0.15) is 0 Å². The molecule has 0 aliphatic carbocycles. The summed E-state index contributed by atoms with van der Waals surface area (Å²) in [5, 5.41) is 11.0. The SMILES string of the molecule is COc1ccnc(C(=O)N[C@@H](C)c2nnc(-c3cccc(C(C)C)c3)o2)c1OC(=O)C(C)C. The predicted octanol–water partition coefficient (Wildman–Crippen LogP) is 4.32. The minimum atomic E-state index is -0.617. The Labute approximate surface area is 192 Å². The molecule has 33 heavy (non-hydrogen) atoms. The highest BCUT2D eigenvalue weighted by Crippen LogP contribution is 2.31. The number of esters is 1. The lowest BCUT2D eigenvalue weighted by molar-refractivity contribution is -0.137. The summed E-state index contributed by atoms with van der Waals surface area (Å²) in [7, 11) is 1.42. The zero-order chi connectivity index (χ0) is 24.1. The van der Waals surface area contributed by atoms with Crippen LogP contribution in [0.1, 0.15) is 68.5 Å². The van der Waals surface area contributed by atoms with Gasteiger partial charge in [0.1, 0.15) is 6.04 Å². The van der Waals surface area contributed by atoms with Gasteiger partial charge in [-0.25, -0.2) is 4.98 Å². The molecule has 3 aromatic rings. The van der Waals surface area contributed by atoms with E-state index in [4.69, 9.17) is 13.9 Å². The molecular weight excluding hydrogens is 424 g/mol. The average molecular weight is 453 g/mol. The second-order valence-electron chi connectivity index (χ2n) is 8.19. The number of aromatic nitrogens is 3. The van der Waals surface area contributed by atoms with E-state index in [9.17, 15) is 9.59 Å². The van der Waals surface area contributed by atoms with Gasteiger partial charge in [0.2, 0.25) is 17.5 Å². The number of ether oxygens (including phenoxy) is 2. The molecule has 9 nitrogen and oxygen atoms in total. The Balaban J connectivity index is 1.81. The lowest BCUT2D eigenvalue weighted by Gasteiger charge is -2.15. The van der Waals surface area contributed by atoms with Gasteiger partial charge in [-0.15, -0.1) is 10.2 Å². The number of benzene rings is 1. The molecule has 0 spiro atoms. The van der Waals surface area contributed by atoms with Gasteiger partial charge in [0.15, 0.2) is 11.4 Å². The van der Waals surface area contributed by atoms with Gasteiger partial charge in [0.25, 0.3) is 5.91 Å². The second-order valence-corrected chi connectivity index (χ2v) is 8.19. The number of nitrogens with zero attached hydrogens (tertiary/aromatic N) is 3. The summed E-state index contributed by atoms with van der Waals surface area (Å²) >= 11 is 0. The van der Waals surface area contributed by atoms with Crippen molar-refractivity contribution in [2.24, 2.45) is 5.92 Å². The van der Waals surface area contributed by atoms with Gasteiger partial charge in [0.05, 0.1) is 13.0 Å². The molecule has 0 aliphatic rings. The molecule has 0 aliphatic heterocycles. The maximum atomic E-state index is 13.0. The van der Waals surface area contributed by atoms with Gasteiger partial charge in [0, 0.05) is 17.8 Å². The summed E-state index contributed by atoms with van der Waals surface area (Å²) in [6, 6.07) is 8.77. The number of hydrogen-bond acceptors (Lipinski definition) is 8. The van der Waals surface area contributed by atoms with Crippen LogP contribution in [0.5, 0.6) is 11.5 Å². The van der Waals surface area contributed by atoms with Crippen molar-refractivity contribution in [3.63, 3.8) is 0 Å². The molecule has 0 saturated heterocycles. The van der Waals surface area contributed by atoms with Crippen molar-refractivity contribution in [1.29, 1.82) is 0 Å². The molecule has 1 atom stereocenters. The molecule has 2 heterocycles. The number of pyridine rings is 1. The molecule has 0 radical (unpaired) electrons. The van der Waals surface area contributed by atoms with Crippen LogP contribution in [0, 0.1) is 5.92 Å². The first kappa shape index (κ1) is 23.9. The third-order valence-corrected chi connectivity index (χ3v) is 4.94. The Bertz CT molecular complexity index is 1140. The number of amides is 1. The first-order valence-corrected chi connectivity index (χ1v) is 10.7. The van der Waals surface area contributed by atoms with Crippen LogP contribution in [0.4, 0.5) is 0 Å². The van der Waals surface area contributed by atoms with Crippen molar-refractivity contribution in [3.8, 4) is 23.0 Å². The normalized spacial score (nSPS) is 12.0. The Morgan fingerprint density at radius 2 is 1.82 bits per heavy atom. The molecule has 0 saturated carbocycles. The van der Waals surface area contributed by atoms with E-state index in [2.05, 4.69) is 34.3 Å². The van der Waals surface area contributed by atoms with Crippen molar-refractivity contribution < 1.29 is 23.5 Å². The average Bonchev–Trinajstić information content (AvgIpc) is 3.29. The fourth-order valence-corrected chi connectivity index (χ4v) is 2.95. The van der Waals surface area contributed by atoms with E-state index in [0.717, 1.165) is 11.1 Å². The highest BCUT2D eigenvalue weighted by Gasteiger charge is 2.25. The number of carbonyl (C=O) groups excluding carboxylic acids is 2. The van der Waals surface area contributed by atoms with Crippen LogP contribution in [0.3, 0.4) is 0 Å². The molecule has 0 unspecified atom stereocenters. The minimum absolute atomic E-state index is 0.0416. The van der Waals surface area contributed by atoms with E-state index in [-0.39, 0.29) is 23.1 Å². The molecule has 1 aromatic carbocycles. The van der Waals surface area contributed by atoms with Crippen LogP contribution in [-0.4, -0.2) is 34.2 Å². The Hall–Kier alpha value is -3.75. The van der Waals surface area contributed by atoms with Gasteiger partial charge in [-0.1, -0.05) is 39.8 Å². The van der Waals surface area contributed by atoms with Gasteiger partial charge in [-0.05, 0) is 30.5 Å². The van der Waals surface area contributed by atoms with Crippen molar-refractivity contribution in [1.82, 2.24) is 20.5 Å². The van der Waals surface area contributed by atoms with E-state index in [0.29, 0.717) is 11.8 Å². The molecule has 0 fully saturated rings. The van der Waals surface area contributed by atoms with Crippen molar-refractivity contribution in [3.05, 3.63) is 53.7 Å². The lowest BCUT2D eigenvalue weighted by atomic mass is 10.0. The number of hydrogen-bond donors (Lipinski definition) is 1. The van der Waals surface area contributed by atoms with Crippen LogP contribution >= 0.6 is 0 Å². The summed E-state index contributed by atoms with van der Waals surface area (Å²) in [6.07, 6.45) is 1.40. The molecule has 1 N–H and O–H groups in total. The highest BCUT2D eigenvalue weighted by molar-refractivity contribution is 5.96. The molecule has 3 rings (SSSR count). The van der Waals surface area contributed by atoms with Crippen molar-refractivity contribution in [2.75, 3.05) is 7.11 Å². The van der Waals surface area contributed by atoms with Crippen LogP contribution in [-0.2, 0) is 4.79 Å². The van der Waals surface area contributed by atoms with Crippen LogP contribution in [0.15, 0.2) is 40.9 Å². The smallest absolute Gasteiger partial charge is 0.313 e. The maximum absolute atomic E-state index is 13.0. The zero-order valence-corrected chi connectivity index (χ0v) is 19.6. The summed E-state index contributed by atoms with van der Waals surface area (Å²) in [6.45, 7) is 9.30. The maximum Gasteiger partial charge on any atom is 0.313 e. The minimum Gasteiger partial charge on any atom is -0.493 e. The summed E-state index contributed by atoms with van der Waals surface area (Å²) in [5.41, 5.74) is 1.87. The van der Waals surface area contributed by atoms with Gasteiger partial charge >= 0.3 is 5.97 Å².